The third-order valence-corrected chi connectivity index (χ3v) is 6.46. The molecule has 2 heterocycles. The van der Waals surface area contributed by atoms with Crippen LogP contribution in [0.4, 0.5) is 0 Å². The van der Waals surface area contributed by atoms with E-state index in [0.29, 0.717) is 12.3 Å². The van der Waals surface area contributed by atoms with E-state index < -0.39 is 16.1 Å². The van der Waals surface area contributed by atoms with Crippen molar-refractivity contribution in [3.8, 4) is 0 Å². The molecule has 0 amide bonds. The second-order valence-corrected chi connectivity index (χ2v) is 7.53. The standard InChI is InChI=1S/C9H13ClN2O4S2/c1-6-8(17-9(10)11-6)18(14,15)12-2-3-16-5-7(12)4-13/h7,13H,2-5H2,1H3. The van der Waals surface area contributed by atoms with E-state index in [-0.39, 0.29) is 28.4 Å². The maximum Gasteiger partial charge on any atom is 0.254 e. The molecule has 6 nitrogen and oxygen atoms in total. The van der Waals surface area contributed by atoms with Crippen molar-refractivity contribution in [2.45, 2.75) is 17.2 Å². The first-order chi connectivity index (χ1) is 8.46. The van der Waals surface area contributed by atoms with Crippen molar-refractivity contribution in [3.63, 3.8) is 0 Å². The minimum atomic E-state index is -3.67. The van der Waals surface area contributed by atoms with Crippen LogP contribution in [-0.2, 0) is 14.8 Å². The average Bonchev–Trinajstić information content (AvgIpc) is 2.69. The smallest absolute Gasteiger partial charge is 0.254 e. The molecule has 9 heteroatoms. The first kappa shape index (κ1) is 14.2. The number of rotatable bonds is 3. The quantitative estimate of drug-likeness (QED) is 0.878. The molecule has 0 aromatic carbocycles. The van der Waals surface area contributed by atoms with Crippen LogP contribution in [0, 0.1) is 6.92 Å². The lowest BCUT2D eigenvalue weighted by Crippen LogP contribution is -2.50. The number of morpholine rings is 1. The second-order valence-electron chi connectivity index (χ2n) is 3.87. The predicted molar refractivity (Wildman–Crippen MR) is 67.4 cm³/mol. The highest BCUT2D eigenvalue weighted by Gasteiger charge is 2.36. The number of aliphatic hydroxyl groups is 1. The fraction of sp³-hybridized carbons (Fsp3) is 0.667. The van der Waals surface area contributed by atoms with Gasteiger partial charge in [-0.25, -0.2) is 13.4 Å². The van der Waals surface area contributed by atoms with E-state index in [0.717, 1.165) is 11.3 Å². The number of hydrogen-bond donors (Lipinski definition) is 1. The summed E-state index contributed by atoms with van der Waals surface area (Å²) in [6.45, 7) is 2.07. The molecule has 18 heavy (non-hydrogen) atoms. The van der Waals surface area contributed by atoms with Gasteiger partial charge in [-0.2, -0.15) is 4.31 Å². The zero-order valence-corrected chi connectivity index (χ0v) is 12.1. The van der Waals surface area contributed by atoms with Crippen molar-refractivity contribution in [3.05, 3.63) is 10.2 Å². The molecule has 0 aliphatic carbocycles. The van der Waals surface area contributed by atoms with Gasteiger partial charge in [-0.3, -0.25) is 0 Å². The molecule has 1 aliphatic rings. The van der Waals surface area contributed by atoms with E-state index in [1.807, 2.05) is 0 Å². The van der Waals surface area contributed by atoms with Gasteiger partial charge < -0.3 is 9.84 Å². The molecule has 0 bridgehead atoms. The zero-order chi connectivity index (χ0) is 13.3. The highest BCUT2D eigenvalue weighted by Crippen LogP contribution is 2.30. The van der Waals surface area contributed by atoms with Crippen molar-refractivity contribution in [1.29, 1.82) is 0 Å². The number of aliphatic hydroxyl groups excluding tert-OH is 1. The fourth-order valence-corrected chi connectivity index (χ4v) is 5.23. The Morgan fingerprint density at radius 2 is 2.39 bits per heavy atom. The monoisotopic (exact) mass is 312 g/mol. The molecule has 1 fully saturated rings. The van der Waals surface area contributed by atoms with Crippen LogP contribution < -0.4 is 0 Å². The van der Waals surface area contributed by atoms with Crippen LogP contribution in [0.3, 0.4) is 0 Å². The molecule has 2 rings (SSSR count). The maximum atomic E-state index is 12.5. The topological polar surface area (TPSA) is 79.7 Å². The molecule has 1 aromatic heterocycles. The van der Waals surface area contributed by atoms with E-state index in [1.54, 1.807) is 6.92 Å². The van der Waals surface area contributed by atoms with Crippen LogP contribution in [0.1, 0.15) is 5.69 Å². The number of halogens is 1. The molecule has 1 atom stereocenters. The van der Waals surface area contributed by atoms with Crippen molar-refractivity contribution in [2.75, 3.05) is 26.4 Å². The second kappa shape index (κ2) is 5.40. The number of aromatic nitrogens is 1. The van der Waals surface area contributed by atoms with E-state index in [9.17, 15) is 13.5 Å². The summed E-state index contributed by atoms with van der Waals surface area (Å²) in [5.74, 6) is 0. The lowest BCUT2D eigenvalue weighted by molar-refractivity contribution is 0.0110. The van der Waals surface area contributed by atoms with Gasteiger partial charge in [0.2, 0.25) is 0 Å². The van der Waals surface area contributed by atoms with Crippen LogP contribution in [0.15, 0.2) is 4.21 Å². The molecule has 102 valence electrons. The SMILES string of the molecule is Cc1nc(Cl)sc1S(=O)(=O)N1CCOCC1CO. The average molecular weight is 313 g/mol. The summed E-state index contributed by atoms with van der Waals surface area (Å²) < 4.78 is 31.7. The van der Waals surface area contributed by atoms with Crippen LogP contribution in [0.5, 0.6) is 0 Å². The third-order valence-electron chi connectivity index (χ3n) is 2.66. The van der Waals surface area contributed by atoms with Gasteiger partial charge in [-0.05, 0) is 6.92 Å². The Labute approximate surface area is 114 Å². The van der Waals surface area contributed by atoms with Crippen molar-refractivity contribution < 1.29 is 18.3 Å². The number of aryl methyl sites for hydroxylation is 1. The van der Waals surface area contributed by atoms with Crippen LogP contribution >= 0.6 is 22.9 Å². The summed E-state index contributed by atoms with van der Waals surface area (Å²) in [5, 5.41) is 9.22. The number of sulfonamides is 1. The third kappa shape index (κ3) is 2.54. The highest BCUT2D eigenvalue weighted by molar-refractivity contribution is 7.91. The normalized spacial score (nSPS) is 22.3. The Morgan fingerprint density at radius 3 is 2.94 bits per heavy atom. The number of ether oxygens (including phenoxy) is 1. The summed E-state index contributed by atoms with van der Waals surface area (Å²) in [6, 6.07) is -0.552. The predicted octanol–water partition coefficient (Wildman–Crippen LogP) is 0.487. The molecule has 0 saturated carbocycles. The summed E-state index contributed by atoms with van der Waals surface area (Å²) in [5.41, 5.74) is 0.383. The molecule has 1 aliphatic heterocycles. The van der Waals surface area contributed by atoms with Crippen LogP contribution in [0.25, 0.3) is 0 Å². The van der Waals surface area contributed by atoms with Crippen molar-refractivity contribution in [2.24, 2.45) is 0 Å². The highest BCUT2D eigenvalue weighted by atomic mass is 35.5. The minimum absolute atomic E-state index is 0.132. The Hall–Kier alpha value is -0.250. The fourth-order valence-electron chi connectivity index (χ4n) is 1.80. The minimum Gasteiger partial charge on any atom is -0.395 e. The molecular formula is C9H13ClN2O4S2. The summed E-state index contributed by atoms with van der Waals surface area (Å²) >= 11 is 6.66. The molecule has 1 saturated heterocycles. The molecule has 1 N–H and O–H groups in total. The largest absolute Gasteiger partial charge is 0.395 e. The Balaban J connectivity index is 2.38. The van der Waals surface area contributed by atoms with Gasteiger partial charge in [-0.15, -0.1) is 0 Å². The van der Waals surface area contributed by atoms with Gasteiger partial charge in [-0.1, -0.05) is 22.9 Å². The van der Waals surface area contributed by atoms with E-state index in [1.165, 1.54) is 4.31 Å². The molecular weight excluding hydrogens is 300 g/mol. The van der Waals surface area contributed by atoms with Gasteiger partial charge >= 0.3 is 0 Å². The zero-order valence-electron chi connectivity index (χ0n) is 9.67. The Kier molecular flexibility index (Phi) is 4.25. The lowest BCUT2D eigenvalue weighted by atomic mass is 10.3. The Morgan fingerprint density at radius 1 is 1.67 bits per heavy atom. The lowest BCUT2D eigenvalue weighted by Gasteiger charge is -2.32. The van der Waals surface area contributed by atoms with Gasteiger partial charge in [0, 0.05) is 6.54 Å². The van der Waals surface area contributed by atoms with Gasteiger partial charge in [0.25, 0.3) is 10.0 Å². The summed E-state index contributed by atoms with van der Waals surface area (Å²) in [7, 11) is -3.67. The van der Waals surface area contributed by atoms with Crippen molar-refractivity contribution >= 4 is 33.0 Å². The van der Waals surface area contributed by atoms with E-state index in [2.05, 4.69) is 4.98 Å². The first-order valence-corrected chi connectivity index (χ1v) is 7.93. The molecule has 0 radical (unpaired) electrons. The van der Waals surface area contributed by atoms with E-state index >= 15 is 0 Å². The molecule has 1 unspecified atom stereocenters. The van der Waals surface area contributed by atoms with Gasteiger partial charge in [0.05, 0.1) is 31.6 Å². The summed E-state index contributed by atoms with van der Waals surface area (Å²) in [6.07, 6.45) is 0. The van der Waals surface area contributed by atoms with Crippen LogP contribution in [0.2, 0.25) is 4.47 Å². The number of nitrogens with zero attached hydrogens (tertiary/aromatic N) is 2. The number of thiazole rings is 1. The van der Waals surface area contributed by atoms with Gasteiger partial charge in [0.1, 0.15) is 0 Å². The molecule has 1 aromatic rings. The summed E-state index contributed by atoms with van der Waals surface area (Å²) in [4.78, 5) is 3.91. The molecule has 0 spiro atoms. The van der Waals surface area contributed by atoms with Gasteiger partial charge in [0.15, 0.2) is 8.68 Å². The Bertz CT molecular complexity index is 531. The van der Waals surface area contributed by atoms with E-state index in [4.69, 9.17) is 16.3 Å². The maximum absolute atomic E-state index is 12.5. The number of hydrogen-bond acceptors (Lipinski definition) is 6. The van der Waals surface area contributed by atoms with Crippen LogP contribution in [-0.4, -0.2) is 55.2 Å². The first-order valence-electron chi connectivity index (χ1n) is 5.30. The van der Waals surface area contributed by atoms with Crippen molar-refractivity contribution in [1.82, 2.24) is 9.29 Å².